The van der Waals surface area contributed by atoms with E-state index >= 15 is 0 Å². The quantitative estimate of drug-likeness (QED) is 0.649. The second-order valence-corrected chi connectivity index (χ2v) is 6.55. The molecule has 0 bridgehead atoms. The number of ether oxygens (including phenoxy) is 1. The highest BCUT2D eigenvalue weighted by Crippen LogP contribution is 2.37. The average molecular weight is 317 g/mol. The molecule has 0 N–H and O–H groups in total. The fourth-order valence-electron chi connectivity index (χ4n) is 2.60. The molecule has 1 aliphatic rings. The van der Waals surface area contributed by atoms with Gasteiger partial charge in [0.25, 0.3) is 0 Å². The highest BCUT2D eigenvalue weighted by Gasteiger charge is 2.27. The van der Waals surface area contributed by atoms with E-state index in [1.54, 1.807) is 11.3 Å². The van der Waals surface area contributed by atoms with Gasteiger partial charge in [-0.2, -0.15) is 0 Å². The van der Waals surface area contributed by atoms with Crippen LogP contribution in [-0.2, 0) is 12.8 Å². The third-order valence-corrected chi connectivity index (χ3v) is 5.16. The normalized spacial score (nSPS) is 17.0. The average Bonchev–Trinajstić information content (AvgIpc) is 3.10. The third kappa shape index (κ3) is 2.19. The zero-order chi connectivity index (χ0) is 14.4. The molecule has 1 unspecified atom stereocenters. The molecule has 0 aliphatic carbocycles. The van der Waals surface area contributed by atoms with Crippen LogP contribution in [0.25, 0.3) is 10.2 Å². The van der Waals surface area contributed by atoms with Crippen LogP contribution in [0.4, 0.5) is 0 Å². The number of hydrogen-bond acceptors (Lipinski definition) is 4. The number of thiophene rings is 1. The van der Waals surface area contributed by atoms with E-state index in [0.717, 1.165) is 28.8 Å². The minimum absolute atomic E-state index is 0.142. The number of nitrogens with zero attached hydrogens (tertiary/aromatic N) is 2. The van der Waals surface area contributed by atoms with Crippen LogP contribution in [0.2, 0.25) is 5.15 Å². The Labute approximate surface area is 131 Å². The second kappa shape index (κ2) is 4.97. The van der Waals surface area contributed by atoms with Gasteiger partial charge in [-0.05, 0) is 24.1 Å². The van der Waals surface area contributed by atoms with Crippen molar-refractivity contribution in [2.24, 2.45) is 0 Å². The van der Waals surface area contributed by atoms with Gasteiger partial charge in [0.15, 0.2) is 11.9 Å². The van der Waals surface area contributed by atoms with Crippen LogP contribution in [0.3, 0.4) is 0 Å². The Morgan fingerprint density at radius 1 is 1.33 bits per heavy atom. The first kappa shape index (κ1) is 13.0. The lowest BCUT2D eigenvalue weighted by atomic mass is 10.1. The van der Waals surface area contributed by atoms with Crippen LogP contribution in [0.5, 0.6) is 5.75 Å². The van der Waals surface area contributed by atoms with Crippen molar-refractivity contribution < 1.29 is 4.74 Å². The summed E-state index contributed by atoms with van der Waals surface area (Å²) in [7, 11) is 0. The molecule has 0 saturated heterocycles. The molecule has 3 nitrogen and oxygen atoms in total. The Hall–Kier alpha value is -1.65. The molecule has 3 aromatic rings. The molecule has 0 saturated carbocycles. The van der Waals surface area contributed by atoms with Crippen LogP contribution >= 0.6 is 22.9 Å². The molecule has 0 spiro atoms. The summed E-state index contributed by atoms with van der Waals surface area (Å²) in [5.41, 5.74) is 1.20. The summed E-state index contributed by atoms with van der Waals surface area (Å²) in [6, 6.07) is 10.1. The van der Waals surface area contributed by atoms with Gasteiger partial charge in [-0.1, -0.05) is 36.7 Å². The van der Waals surface area contributed by atoms with Gasteiger partial charge in [-0.3, -0.25) is 0 Å². The zero-order valence-electron chi connectivity index (χ0n) is 11.5. The van der Waals surface area contributed by atoms with Crippen molar-refractivity contribution in [3.05, 3.63) is 51.7 Å². The van der Waals surface area contributed by atoms with E-state index in [9.17, 15) is 0 Å². The SMILES string of the molecule is CCc1cc2c(Cl)nc(C3Cc4ccccc4O3)nc2s1. The fourth-order valence-corrected chi connectivity index (χ4v) is 3.86. The Balaban J connectivity index is 1.75. The predicted octanol–water partition coefficient (Wildman–Crippen LogP) is 4.58. The van der Waals surface area contributed by atoms with Gasteiger partial charge in [0.1, 0.15) is 15.7 Å². The molecule has 3 heterocycles. The van der Waals surface area contributed by atoms with E-state index in [2.05, 4.69) is 29.0 Å². The number of hydrogen-bond donors (Lipinski definition) is 0. The Morgan fingerprint density at radius 3 is 3.00 bits per heavy atom. The number of rotatable bonds is 2. The maximum absolute atomic E-state index is 6.32. The van der Waals surface area contributed by atoms with Gasteiger partial charge in [0.05, 0.1) is 0 Å². The summed E-state index contributed by atoms with van der Waals surface area (Å²) in [6.07, 6.45) is 1.64. The van der Waals surface area contributed by atoms with Gasteiger partial charge in [0, 0.05) is 16.7 Å². The number of halogens is 1. The number of aryl methyl sites for hydroxylation is 1. The van der Waals surface area contributed by atoms with E-state index in [1.165, 1.54) is 10.4 Å². The summed E-state index contributed by atoms with van der Waals surface area (Å²) >= 11 is 8.00. The molecule has 4 rings (SSSR count). The summed E-state index contributed by atoms with van der Waals surface area (Å²) in [5.74, 6) is 1.59. The smallest absolute Gasteiger partial charge is 0.172 e. The maximum atomic E-state index is 6.32. The third-order valence-electron chi connectivity index (χ3n) is 3.70. The lowest BCUT2D eigenvalue weighted by Gasteiger charge is -2.09. The van der Waals surface area contributed by atoms with Crippen LogP contribution in [-0.4, -0.2) is 9.97 Å². The van der Waals surface area contributed by atoms with Crippen LogP contribution in [0.1, 0.15) is 29.3 Å². The molecule has 0 amide bonds. The molecule has 1 aromatic carbocycles. The maximum Gasteiger partial charge on any atom is 0.172 e. The Morgan fingerprint density at radius 2 is 2.19 bits per heavy atom. The first-order chi connectivity index (χ1) is 10.2. The minimum atomic E-state index is -0.142. The lowest BCUT2D eigenvalue weighted by molar-refractivity contribution is 0.228. The van der Waals surface area contributed by atoms with E-state index in [1.807, 2.05) is 18.2 Å². The monoisotopic (exact) mass is 316 g/mol. The molecule has 106 valence electrons. The van der Waals surface area contributed by atoms with Crippen molar-refractivity contribution in [3.63, 3.8) is 0 Å². The fraction of sp³-hybridized carbons (Fsp3) is 0.250. The van der Waals surface area contributed by atoms with Gasteiger partial charge in [0.2, 0.25) is 0 Å². The molecule has 1 aliphatic heterocycles. The minimum Gasteiger partial charge on any atom is -0.482 e. The molecule has 1 atom stereocenters. The topological polar surface area (TPSA) is 35.0 Å². The summed E-state index contributed by atoms with van der Waals surface area (Å²) < 4.78 is 5.95. The summed E-state index contributed by atoms with van der Waals surface area (Å²) in [5, 5.41) is 1.46. The molecular formula is C16H13ClN2OS. The number of para-hydroxylation sites is 1. The number of aromatic nitrogens is 2. The van der Waals surface area contributed by atoms with Crippen molar-refractivity contribution >= 4 is 33.2 Å². The van der Waals surface area contributed by atoms with E-state index in [4.69, 9.17) is 16.3 Å². The number of benzene rings is 1. The van der Waals surface area contributed by atoms with E-state index < -0.39 is 0 Å². The van der Waals surface area contributed by atoms with Crippen molar-refractivity contribution in [2.75, 3.05) is 0 Å². The van der Waals surface area contributed by atoms with Crippen molar-refractivity contribution in [1.82, 2.24) is 9.97 Å². The lowest BCUT2D eigenvalue weighted by Crippen LogP contribution is -2.08. The van der Waals surface area contributed by atoms with Crippen LogP contribution in [0, 0.1) is 0 Å². The molecule has 21 heavy (non-hydrogen) atoms. The predicted molar refractivity (Wildman–Crippen MR) is 85.3 cm³/mol. The van der Waals surface area contributed by atoms with Crippen molar-refractivity contribution in [2.45, 2.75) is 25.9 Å². The summed E-state index contributed by atoms with van der Waals surface area (Å²) in [4.78, 5) is 11.3. The first-order valence-electron chi connectivity index (χ1n) is 6.95. The van der Waals surface area contributed by atoms with Gasteiger partial charge in [-0.25, -0.2) is 9.97 Å². The zero-order valence-corrected chi connectivity index (χ0v) is 13.0. The van der Waals surface area contributed by atoms with E-state index in [0.29, 0.717) is 11.0 Å². The van der Waals surface area contributed by atoms with Gasteiger partial charge < -0.3 is 4.74 Å². The van der Waals surface area contributed by atoms with E-state index in [-0.39, 0.29) is 6.10 Å². The molecule has 0 radical (unpaired) electrons. The molecule has 2 aromatic heterocycles. The van der Waals surface area contributed by atoms with Crippen molar-refractivity contribution in [1.29, 1.82) is 0 Å². The van der Waals surface area contributed by atoms with Crippen LogP contribution < -0.4 is 4.74 Å². The largest absolute Gasteiger partial charge is 0.482 e. The highest BCUT2D eigenvalue weighted by molar-refractivity contribution is 7.18. The second-order valence-electron chi connectivity index (χ2n) is 5.08. The van der Waals surface area contributed by atoms with Gasteiger partial charge >= 0.3 is 0 Å². The molecule has 5 heteroatoms. The van der Waals surface area contributed by atoms with Gasteiger partial charge in [-0.15, -0.1) is 11.3 Å². The molecular weight excluding hydrogens is 304 g/mol. The Bertz CT molecular complexity index is 805. The highest BCUT2D eigenvalue weighted by atomic mass is 35.5. The van der Waals surface area contributed by atoms with Crippen molar-refractivity contribution in [3.8, 4) is 5.75 Å². The standard InChI is InChI=1S/C16H13ClN2OS/c1-2-10-8-11-14(17)18-15(19-16(11)21-10)13-7-9-5-3-4-6-12(9)20-13/h3-6,8,13H,2,7H2,1H3. The van der Waals surface area contributed by atoms with Crippen LogP contribution in [0.15, 0.2) is 30.3 Å². The Kier molecular flexibility index (Phi) is 3.08. The molecule has 0 fully saturated rings. The first-order valence-corrected chi connectivity index (χ1v) is 8.14. The number of fused-ring (bicyclic) bond motifs is 2. The summed E-state index contributed by atoms with van der Waals surface area (Å²) in [6.45, 7) is 2.13.